The molecule has 0 spiro atoms. The van der Waals surface area contributed by atoms with Gasteiger partial charge in [-0.1, -0.05) is 17.8 Å². The molecule has 0 amide bonds. The minimum absolute atomic E-state index is 0.307. The lowest BCUT2D eigenvalue weighted by Gasteiger charge is -2.57. The second kappa shape index (κ2) is 4.78. The summed E-state index contributed by atoms with van der Waals surface area (Å²) < 4.78 is 0. The van der Waals surface area contributed by atoms with Gasteiger partial charge in [0, 0.05) is 0 Å². The Morgan fingerprint density at radius 2 is 0.842 bits per heavy atom. The fourth-order valence-corrected chi connectivity index (χ4v) is 2.00. The smallest absolute Gasteiger partial charge is 0.199 e. The molecule has 0 atom stereocenters. The fourth-order valence-electron chi connectivity index (χ4n) is 2.00. The summed E-state index contributed by atoms with van der Waals surface area (Å²) in [5.41, 5.74) is 18.3. The monoisotopic (exact) mass is 259 g/mol. The molecule has 0 aromatic carbocycles. The lowest BCUT2D eigenvalue weighted by Crippen LogP contribution is -2.91. The maximum Gasteiger partial charge on any atom is 0.199 e. The second-order valence-corrected chi connectivity index (χ2v) is 4.03. The third kappa shape index (κ3) is 2.06. The first-order valence-corrected chi connectivity index (χ1v) is 5.58. The predicted octanol–water partition coefficient (Wildman–Crippen LogP) is -3.88. The number of nitrogens with one attached hydrogen (secondary N) is 6. The van der Waals surface area contributed by atoms with Gasteiger partial charge >= 0.3 is 0 Å². The Kier molecular flexibility index (Phi) is 3.11. The van der Waals surface area contributed by atoms with Crippen LogP contribution in [0.4, 0.5) is 0 Å². The van der Waals surface area contributed by atoms with E-state index in [2.05, 4.69) is 50.3 Å². The lowest BCUT2D eigenvalue weighted by molar-refractivity contribution is -0.294. The highest BCUT2D eigenvalue weighted by Gasteiger charge is 2.46. The van der Waals surface area contributed by atoms with Crippen LogP contribution in [0.15, 0.2) is 0 Å². The summed E-state index contributed by atoms with van der Waals surface area (Å²) in [4.78, 5) is 0. The van der Waals surface area contributed by atoms with Crippen molar-refractivity contribution in [3.8, 4) is 37.0 Å². The normalized spacial score (nSPS) is 39.6. The fraction of sp³-hybridized carbons (Fsp3) is 0.400. The number of rotatable bonds is 0. The van der Waals surface area contributed by atoms with Crippen LogP contribution in [0.1, 0.15) is 0 Å². The van der Waals surface area contributed by atoms with E-state index in [4.69, 9.17) is 19.3 Å². The second-order valence-electron chi connectivity index (χ2n) is 4.03. The van der Waals surface area contributed by atoms with Crippen LogP contribution >= 0.6 is 0 Å². The van der Waals surface area contributed by atoms with Gasteiger partial charge in [0.2, 0.25) is 0 Å². The number of hydrogen-bond donors (Lipinski definition) is 6. The average Bonchev–Trinajstić information content (AvgIpc) is 2.46. The molecule has 3 saturated heterocycles. The molecule has 9 heteroatoms. The standard InChI is InChI=1S/C10H13N9/c1-4-7-11-17-10-18(12-7)14-9(6-3)16-19(10)15-8(5-2)13-17/h1-3,7-16H. The molecule has 0 aliphatic carbocycles. The first-order chi connectivity index (χ1) is 9.25. The van der Waals surface area contributed by atoms with Gasteiger partial charge in [-0.25, -0.2) is 32.6 Å². The van der Waals surface area contributed by atoms with Crippen LogP contribution in [0.5, 0.6) is 0 Å². The molecule has 0 unspecified atom stereocenters. The molecular formula is C10H13N9. The van der Waals surface area contributed by atoms with E-state index < -0.39 is 18.5 Å². The van der Waals surface area contributed by atoms with Gasteiger partial charge in [0.15, 0.2) is 6.29 Å². The maximum absolute atomic E-state index is 5.42. The largest absolute Gasteiger partial charge is 0.209 e. The maximum atomic E-state index is 5.42. The van der Waals surface area contributed by atoms with Crippen molar-refractivity contribution in [3.63, 3.8) is 0 Å². The van der Waals surface area contributed by atoms with E-state index in [-0.39, 0.29) is 6.29 Å². The van der Waals surface area contributed by atoms with Crippen molar-refractivity contribution in [2.24, 2.45) is 0 Å². The van der Waals surface area contributed by atoms with Gasteiger partial charge in [-0.15, -0.1) is 34.6 Å². The molecule has 9 nitrogen and oxygen atoms in total. The Balaban J connectivity index is 1.86. The minimum Gasteiger partial charge on any atom is -0.209 e. The van der Waals surface area contributed by atoms with Crippen molar-refractivity contribution >= 4 is 0 Å². The van der Waals surface area contributed by atoms with Crippen LogP contribution in [0.25, 0.3) is 0 Å². The number of nitrogens with zero attached hydrogens (tertiary/aromatic N) is 3. The van der Waals surface area contributed by atoms with Crippen LogP contribution in [0, 0.1) is 37.0 Å². The molecule has 3 heterocycles. The molecule has 98 valence electrons. The molecule has 3 aliphatic rings. The van der Waals surface area contributed by atoms with Crippen LogP contribution in [0.3, 0.4) is 0 Å². The van der Waals surface area contributed by atoms with Crippen molar-refractivity contribution in [1.29, 1.82) is 0 Å². The van der Waals surface area contributed by atoms with E-state index in [1.54, 1.807) is 15.4 Å². The predicted molar refractivity (Wildman–Crippen MR) is 66.0 cm³/mol. The zero-order chi connectivity index (χ0) is 13.4. The van der Waals surface area contributed by atoms with Crippen LogP contribution in [-0.4, -0.2) is 40.1 Å². The molecule has 19 heavy (non-hydrogen) atoms. The van der Waals surface area contributed by atoms with Gasteiger partial charge in [0.05, 0.1) is 0 Å². The van der Waals surface area contributed by atoms with Gasteiger partial charge in [-0.05, 0) is 0 Å². The summed E-state index contributed by atoms with van der Waals surface area (Å²) in [7, 11) is 0. The van der Waals surface area contributed by atoms with E-state index in [0.717, 1.165) is 0 Å². The molecule has 3 fully saturated rings. The van der Waals surface area contributed by atoms with Crippen molar-refractivity contribution < 1.29 is 0 Å². The summed E-state index contributed by atoms with van der Waals surface area (Å²) in [6.07, 6.45) is 14.8. The average molecular weight is 259 g/mol. The highest BCUT2D eigenvalue weighted by Crippen LogP contribution is 2.13. The molecule has 3 rings (SSSR count). The molecule has 0 aromatic heterocycles. The van der Waals surface area contributed by atoms with E-state index in [1.807, 2.05) is 0 Å². The van der Waals surface area contributed by atoms with Crippen LogP contribution < -0.4 is 32.6 Å². The van der Waals surface area contributed by atoms with Gasteiger partial charge in [0.1, 0.15) is 18.5 Å². The SMILES string of the molecule is C#CC1NN2NC(C#C)NN3NC(C#C)NN(N1)C23. The van der Waals surface area contributed by atoms with E-state index in [9.17, 15) is 0 Å². The highest BCUT2D eigenvalue weighted by molar-refractivity contribution is 5.04. The first kappa shape index (κ1) is 12.4. The Bertz CT molecular complexity index is 395. The van der Waals surface area contributed by atoms with Crippen molar-refractivity contribution in [2.45, 2.75) is 24.8 Å². The summed E-state index contributed by atoms with van der Waals surface area (Å²) in [5.74, 6) is 7.67. The van der Waals surface area contributed by atoms with E-state index >= 15 is 0 Å². The Morgan fingerprint density at radius 1 is 0.579 bits per heavy atom. The third-order valence-corrected chi connectivity index (χ3v) is 2.80. The molecule has 6 N–H and O–H groups in total. The van der Waals surface area contributed by atoms with Crippen molar-refractivity contribution in [2.75, 3.05) is 0 Å². The summed E-state index contributed by atoms with van der Waals surface area (Å²) in [6, 6.07) is 0. The molecule has 0 aromatic rings. The third-order valence-electron chi connectivity index (χ3n) is 2.80. The summed E-state index contributed by atoms with van der Waals surface area (Å²) in [5, 5.41) is 5.07. The highest BCUT2D eigenvalue weighted by atomic mass is 16.1. The summed E-state index contributed by atoms with van der Waals surface area (Å²) >= 11 is 0. The molecule has 0 saturated carbocycles. The van der Waals surface area contributed by atoms with E-state index in [1.165, 1.54) is 0 Å². The lowest BCUT2D eigenvalue weighted by atomic mass is 10.4. The minimum atomic E-state index is -0.397. The zero-order valence-electron chi connectivity index (χ0n) is 9.88. The number of hydrazine groups is 6. The quantitative estimate of drug-likeness (QED) is 0.245. The van der Waals surface area contributed by atoms with Gasteiger partial charge < -0.3 is 0 Å². The summed E-state index contributed by atoms with van der Waals surface area (Å²) in [6.45, 7) is 0. The van der Waals surface area contributed by atoms with E-state index in [0.29, 0.717) is 0 Å². The van der Waals surface area contributed by atoms with Crippen LogP contribution in [0.2, 0.25) is 0 Å². The Morgan fingerprint density at radius 3 is 1.05 bits per heavy atom. The van der Waals surface area contributed by atoms with Crippen LogP contribution in [-0.2, 0) is 0 Å². The number of terminal acetylenes is 3. The molecule has 0 radical (unpaired) electrons. The molecular weight excluding hydrogens is 246 g/mol. The molecule has 3 aliphatic heterocycles. The van der Waals surface area contributed by atoms with Crippen molar-refractivity contribution in [1.82, 2.24) is 47.9 Å². The Labute approximate surface area is 110 Å². The Hall–Kier alpha value is -1.68. The first-order valence-electron chi connectivity index (χ1n) is 5.58. The topological polar surface area (TPSA) is 81.9 Å². The zero-order valence-corrected chi connectivity index (χ0v) is 9.88. The van der Waals surface area contributed by atoms with Crippen molar-refractivity contribution in [3.05, 3.63) is 0 Å². The molecule has 0 bridgehead atoms. The van der Waals surface area contributed by atoms with Gasteiger partial charge in [0.25, 0.3) is 0 Å². The van der Waals surface area contributed by atoms with Gasteiger partial charge in [-0.3, -0.25) is 0 Å². The number of hydrogen-bond acceptors (Lipinski definition) is 9. The van der Waals surface area contributed by atoms with Gasteiger partial charge in [-0.2, -0.15) is 0 Å².